The van der Waals surface area contributed by atoms with Gasteiger partial charge in [0.1, 0.15) is 18.2 Å². The van der Waals surface area contributed by atoms with Crippen molar-refractivity contribution in [3.05, 3.63) is 60.5 Å². The van der Waals surface area contributed by atoms with Crippen molar-refractivity contribution in [2.75, 3.05) is 6.61 Å². The Labute approximate surface area is 136 Å². The summed E-state index contributed by atoms with van der Waals surface area (Å²) in [6.07, 6.45) is 0.0177. The molecule has 1 aromatic heterocycles. The van der Waals surface area contributed by atoms with Crippen molar-refractivity contribution in [3.63, 3.8) is 0 Å². The zero-order chi connectivity index (χ0) is 16.9. The fourth-order valence-corrected chi connectivity index (χ4v) is 2.01. The van der Waals surface area contributed by atoms with Crippen molar-refractivity contribution in [1.82, 2.24) is 9.97 Å². The van der Waals surface area contributed by atoms with Crippen LogP contribution in [0.15, 0.2) is 54.7 Å². The van der Waals surface area contributed by atoms with Crippen LogP contribution in [0.25, 0.3) is 11.0 Å². The topological polar surface area (TPSA) is 81.5 Å². The average Bonchev–Trinajstić information content (AvgIpc) is 2.59. The first-order valence-corrected chi connectivity index (χ1v) is 7.11. The highest BCUT2D eigenvalue weighted by molar-refractivity contribution is 5.75. The number of para-hydroxylation sites is 1. The molecular weight excluding hydrogens is 315 g/mol. The summed E-state index contributed by atoms with van der Waals surface area (Å²) in [4.78, 5) is 19.5. The summed E-state index contributed by atoms with van der Waals surface area (Å²) >= 11 is 0. The summed E-state index contributed by atoms with van der Waals surface area (Å²) in [6, 6.07) is 12.7. The molecule has 0 amide bonds. The summed E-state index contributed by atoms with van der Waals surface area (Å²) in [5.41, 5.74) is 0.761. The molecule has 7 heteroatoms. The summed E-state index contributed by atoms with van der Waals surface area (Å²) in [5.74, 6) is -1.15. The molecule has 6 nitrogen and oxygen atoms in total. The van der Waals surface area contributed by atoms with Gasteiger partial charge in [0.05, 0.1) is 17.2 Å². The van der Waals surface area contributed by atoms with Gasteiger partial charge in [-0.15, -0.1) is 0 Å². The number of rotatable bonds is 6. The monoisotopic (exact) mass is 328 g/mol. The van der Waals surface area contributed by atoms with Crippen LogP contribution in [0, 0.1) is 5.82 Å². The number of ether oxygens (including phenoxy) is 2. The zero-order valence-electron chi connectivity index (χ0n) is 12.4. The molecule has 0 saturated heterocycles. The molecule has 0 aliphatic rings. The molecule has 122 valence electrons. The van der Waals surface area contributed by atoms with E-state index >= 15 is 0 Å². The Morgan fingerprint density at radius 1 is 1.17 bits per heavy atom. The van der Waals surface area contributed by atoms with E-state index in [-0.39, 0.29) is 18.0 Å². The quantitative estimate of drug-likeness (QED) is 0.749. The summed E-state index contributed by atoms with van der Waals surface area (Å²) < 4.78 is 24.0. The normalized spacial score (nSPS) is 11.9. The first kappa shape index (κ1) is 15.7. The molecule has 1 heterocycles. The molecule has 3 aromatic rings. The number of carboxylic acid groups (broad SMARTS) is 1. The maximum Gasteiger partial charge on any atom is 0.348 e. The molecule has 0 aliphatic carbocycles. The lowest BCUT2D eigenvalue weighted by Gasteiger charge is -2.15. The summed E-state index contributed by atoms with van der Waals surface area (Å²) in [5, 5.41) is 9.26. The molecule has 1 atom stereocenters. The number of carbonyl (C=O) groups is 1. The van der Waals surface area contributed by atoms with E-state index in [1.165, 1.54) is 24.4 Å². The van der Waals surface area contributed by atoms with Gasteiger partial charge in [-0.1, -0.05) is 18.2 Å². The number of halogens is 1. The van der Waals surface area contributed by atoms with Gasteiger partial charge in [-0.2, -0.15) is 0 Å². The minimum absolute atomic E-state index is 0.0165. The van der Waals surface area contributed by atoms with Crippen LogP contribution in [0.2, 0.25) is 0 Å². The van der Waals surface area contributed by atoms with Crippen LogP contribution in [-0.4, -0.2) is 33.8 Å². The minimum Gasteiger partial charge on any atom is -0.489 e. The second-order valence-corrected chi connectivity index (χ2v) is 4.91. The van der Waals surface area contributed by atoms with E-state index in [0.717, 1.165) is 0 Å². The number of nitrogens with zero attached hydrogens (tertiary/aromatic N) is 2. The first-order chi connectivity index (χ1) is 11.6. The van der Waals surface area contributed by atoms with Gasteiger partial charge >= 0.3 is 5.97 Å². The van der Waals surface area contributed by atoms with E-state index in [9.17, 15) is 14.3 Å². The molecule has 2 aromatic carbocycles. The van der Waals surface area contributed by atoms with Gasteiger partial charge in [-0.3, -0.25) is 0 Å². The van der Waals surface area contributed by atoms with Crippen molar-refractivity contribution in [2.45, 2.75) is 6.10 Å². The lowest BCUT2D eigenvalue weighted by atomic mass is 10.3. The zero-order valence-corrected chi connectivity index (χ0v) is 12.4. The van der Waals surface area contributed by atoms with E-state index in [1.54, 1.807) is 24.3 Å². The van der Waals surface area contributed by atoms with E-state index < -0.39 is 17.9 Å². The van der Waals surface area contributed by atoms with Gasteiger partial charge in [-0.05, 0) is 24.3 Å². The number of aromatic nitrogens is 2. The molecule has 0 bridgehead atoms. The number of aliphatic carboxylic acids is 1. The Balaban J connectivity index is 1.74. The molecule has 24 heavy (non-hydrogen) atoms. The van der Waals surface area contributed by atoms with Gasteiger partial charge < -0.3 is 14.6 Å². The smallest absolute Gasteiger partial charge is 0.348 e. The second kappa shape index (κ2) is 6.91. The van der Waals surface area contributed by atoms with Gasteiger partial charge in [0.25, 0.3) is 0 Å². The number of hydrogen-bond acceptors (Lipinski definition) is 5. The number of benzene rings is 2. The Hall–Kier alpha value is -3.22. The molecule has 1 N–H and O–H groups in total. The molecule has 0 radical (unpaired) electrons. The summed E-state index contributed by atoms with van der Waals surface area (Å²) in [7, 11) is 0. The number of hydrogen-bond donors (Lipinski definition) is 1. The van der Waals surface area contributed by atoms with Crippen LogP contribution in [0.3, 0.4) is 0 Å². The molecule has 3 rings (SSSR count). The molecule has 0 aliphatic heterocycles. The van der Waals surface area contributed by atoms with E-state index in [4.69, 9.17) is 9.47 Å². The molecule has 0 saturated carbocycles. The molecular formula is C17H13FN2O4. The molecule has 0 spiro atoms. The van der Waals surface area contributed by atoms with Crippen molar-refractivity contribution < 1.29 is 23.8 Å². The molecule has 0 fully saturated rings. The highest BCUT2D eigenvalue weighted by Crippen LogP contribution is 2.16. The standard InChI is InChI=1S/C17H13FN2O4/c18-11-6-7-13-14(8-11)20-16(9-19-13)24-15(17(21)22)10-23-12-4-2-1-3-5-12/h1-9,15H,10H2,(H,21,22). The Bertz CT molecular complexity index is 858. The van der Waals surface area contributed by atoms with Crippen LogP contribution in [0.5, 0.6) is 11.6 Å². The molecule has 1 unspecified atom stereocenters. The SMILES string of the molecule is O=C(O)C(COc1ccccc1)Oc1cnc2ccc(F)cc2n1. The Kier molecular flexibility index (Phi) is 4.51. The fraction of sp³-hybridized carbons (Fsp3) is 0.118. The fourth-order valence-electron chi connectivity index (χ4n) is 2.01. The van der Waals surface area contributed by atoms with E-state index in [0.29, 0.717) is 11.3 Å². The summed E-state index contributed by atoms with van der Waals surface area (Å²) in [6.45, 7) is -0.206. The van der Waals surface area contributed by atoms with Gasteiger partial charge in [0.2, 0.25) is 12.0 Å². The van der Waals surface area contributed by atoms with Crippen LogP contribution in [0.1, 0.15) is 0 Å². The predicted octanol–water partition coefficient (Wildman–Crippen LogP) is 2.68. The third-order valence-electron chi connectivity index (χ3n) is 3.17. The minimum atomic E-state index is -1.27. The average molecular weight is 328 g/mol. The first-order valence-electron chi connectivity index (χ1n) is 7.11. The van der Waals surface area contributed by atoms with Gasteiger partial charge in [0, 0.05) is 6.07 Å². The lowest BCUT2D eigenvalue weighted by molar-refractivity contribution is -0.146. The number of fused-ring (bicyclic) bond motifs is 1. The highest BCUT2D eigenvalue weighted by Gasteiger charge is 2.21. The van der Waals surface area contributed by atoms with E-state index in [2.05, 4.69) is 9.97 Å². The number of carboxylic acids is 1. The largest absolute Gasteiger partial charge is 0.489 e. The van der Waals surface area contributed by atoms with Crippen LogP contribution < -0.4 is 9.47 Å². The van der Waals surface area contributed by atoms with Crippen molar-refractivity contribution in [3.8, 4) is 11.6 Å². The van der Waals surface area contributed by atoms with E-state index in [1.807, 2.05) is 6.07 Å². The highest BCUT2D eigenvalue weighted by atomic mass is 19.1. The van der Waals surface area contributed by atoms with Crippen LogP contribution in [0.4, 0.5) is 4.39 Å². The second-order valence-electron chi connectivity index (χ2n) is 4.91. The van der Waals surface area contributed by atoms with Crippen molar-refractivity contribution in [2.24, 2.45) is 0 Å². The van der Waals surface area contributed by atoms with Gasteiger partial charge in [0.15, 0.2) is 0 Å². The van der Waals surface area contributed by atoms with Crippen LogP contribution in [-0.2, 0) is 4.79 Å². The predicted molar refractivity (Wildman–Crippen MR) is 83.5 cm³/mol. The lowest BCUT2D eigenvalue weighted by Crippen LogP contribution is -2.33. The maximum absolute atomic E-state index is 13.2. The third-order valence-corrected chi connectivity index (χ3v) is 3.17. The Morgan fingerprint density at radius 3 is 2.71 bits per heavy atom. The van der Waals surface area contributed by atoms with Crippen molar-refractivity contribution >= 4 is 17.0 Å². The van der Waals surface area contributed by atoms with Gasteiger partial charge in [-0.25, -0.2) is 19.2 Å². The van der Waals surface area contributed by atoms with Crippen molar-refractivity contribution in [1.29, 1.82) is 0 Å². The van der Waals surface area contributed by atoms with Crippen LogP contribution >= 0.6 is 0 Å². The third kappa shape index (κ3) is 3.75. The maximum atomic E-state index is 13.2. The Morgan fingerprint density at radius 2 is 1.96 bits per heavy atom.